The average molecular weight is 817 g/mol. The number of cyclic esters (lactones) is 1. The number of rotatable bonds is 10. The number of fused-ring (bicyclic) bond motifs is 3. The molecule has 4 bridgehead atoms. The van der Waals surface area contributed by atoms with E-state index < -0.39 is 123 Å². The van der Waals surface area contributed by atoms with Gasteiger partial charge < -0.3 is 56.9 Å². The Balaban J connectivity index is 1.60. The lowest BCUT2D eigenvalue weighted by Gasteiger charge is -2.79. The third-order valence-corrected chi connectivity index (χ3v) is 15.5. The molecule has 0 amide bonds. The van der Waals surface area contributed by atoms with E-state index in [4.69, 9.17) is 51.8 Å². The van der Waals surface area contributed by atoms with E-state index in [1.165, 1.54) is 47.9 Å². The van der Waals surface area contributed by atoms with E-state index in [0.29, 0.717) is 5.56 Å². The Labute approximate surface area is 337 Å². The molecule has 7 aliphatic rings. The number of hydrogen-bond acceptors (Lipinski definition) is 16. The summed E-state index contributed by atoms with van der Waals surface area (Å²) >= 11 is 0. The van der Waals surface area contributed by atoms with Crippen LogP contribution in [0.25, 0.3) is 0 Å². The Morgan fingerprint density at radius 3 is 2.14 bits per heavy atom. The molecule has 320 valence electrons. The van der Waals surface area contributed by atoms with Gasteiger partial charge in [0.2, 0.25) is 0 Å². The van der Waals surface area contributed by atoms with Crippen molar-refractivity contribution in [3.05, 3.63) is 35.5 Å². The van der Waals surface area contributed by atoms with Crippen LogP contribution in [0.15, 0.2) is 34.3 Å². The molecule has 3 aliphatic heterocycles. The van der Waals surface area contributed by atoms with Gasteiger partial charge in [0.05, 0.1) is 36.5 Å². The summed E-state index contributed by atoms with van der Waals surface area (Å²) < 4.78 is 72.9. The van der Waals surface area contributed by atoms with Crippen molar-refractivity contribution in [1.82, 2.24) is 0 Å². The number of ether oxygens (including phenoxy) is 10. The van der Waals surface area contributed by atoms with E-state index in [1.54, 1.807) is 47.6 Å². The molecule has 15 atom stereocenters. The van der Waals surface area contributed by atoms with E-state index >= 15 is 0 Å². The number of allylic oxidation sites excluding steroid dienone is 1. The van der Waals surface area contributed by atoms with Crippen molar-refractivity contribution in [2.24, 2.45) is 39.9 Å². The van der Waals surface area contributed by atoms with E-state index in [-0.39, 0.29) is 24.2 Å². The van der Waals surface area contributed by atoms with Gasteiger partial charge in [-0.3, -0.25) is 14.4 Å². The lowest BCUT2D eigenvalue weighted by Crippen LogP contribution is -2.97. The molecule has 16 nitrogen and oxygen atoms in total. The Morgan fingerprint density at radius 2 is 1.60 bits per heavy atom. The van der Waals surface area contributed by atoms with Gasteiger partial charge in [0, 0.05) is 69.8 Å². The quantitative estimate of drug-likeness (QED) is 0.150. The van der Waals surface area contributed by atoms with Crippen LogP contribution in [0.4, 0.5) is 0 Å². The Kier molecular flexibility index (Phi) is 8.89. The molecule has 0 aromatic carbocycles. The van der Waals surface area contributed by atoms with Crippen LogP contribution in [0.1, 0.15) is 86.8 Å². The van der Waals surface area contributed by atoms with E-state index in [1.807, 2.05) is 13.8 Å². The molecule has 8 rings (SSSR count). The van der Waals surface area contributed by atoms with Crippen LogP contribution < -0.4 is 0 Å². The van der Waals surface area contributed by atoms with Crippen LogP contribution in [-0.2, 0) is 66.5 Å². The van der Waals surface area contributed by atoms with Gasteiger partial charge in [-0.15, -0.1) is 0 Å². The molecule has 7 fully saturated rings. The summed E-state index contributed by atoms with van der Waals surface area (Å²) in [6.07, 6.45) is -3.54. The summed E-state index contributed by atoms with van der Waals surface area (Å²) in [7, 11) is 5.70. The number of methoxy groups -OCH3 is 4. The van der Waals surface area contributed by atoms with Crippen molar-refractivity contribution in [3.8, 4) is 0 Å². The molecule has 4 heterocycles. The second-order valence-electron chi connectivity index (χ2n) is 18.6. The minimum Gasteiger partial charge on any atom is -0.511 e. The molecule has 6 unspecified atom stereocenters. The maximum atomic E-state index is 15.0. The van der Waals surface area contributed by atoms with Crippen molar-refractivity contribution < 1.29 is 76.1 Å². The van der Waals surface area contributed by atoms with E-state index in [2.05, 4.69) is 0 Å². The predicted molar refractivity (Wildman–Crippen MR) is 196 cm³/mol. The normalized spacial score (nSPS) is 48.7. The Bertz CT molecular complexity index is 1960. The SMILES string of the molecule is COC(=O)C[C@H]1C2(C)CC34OC5(C)O[C@@]6([C@H](OC)C(OC(=O)C(C)C)[C@]7(C)C(/C(=C(\O)C(C)C)C(=O)O[C@H]7c7ccoc7)[C@@]6(O5)[C@H](OC)[C@@]3(OC)C2OC(C)=O)[C@]14C. The fourth-order valence-corrected chi connectivity index (χ4v) is 14.0. The largest absolute Gasteiger partial charge is 0.511 e. The highest BCUT2D eigenvalue weighted by Gasteiger charge is 3.06. The molecule has 1 N–H and O–H groups in total. The maximum Gasteiger partial charge on any atom is 0.338 e. The van der Waals surface area contributed by atoms with Gasteiger partial charge in [-0.05, 0) is 18.4 Å². The molecule has 4 aliphatic carbocycles. The molecular formula is C42H56O16. The smallest absolute Gasteiger partial charge is 0.338 e. The zero-order valence-electron chi connectivity index (χ0n) is 35.4. The van der Waals surface area contributed by atoms with Crippen LogP contribution in [0.3, 0.4) is 0 Å². The minimum atomic E-state index is -2.03. The molecule has 3 saturated heterocycles. The first kappa shape index (κ1) is 41.2. The molecule has 1 aromatic rings. The number of furan rings is 1. The third kappa shape index (κ3) is 4.17. The van der Waals surface area contributed by atoms with E-state index in [0.717, 1.165) is 0 Å². The molecule has 58 heavy (non-hydrogen) atoms. The van der Waals surface area contributed by atoms with Gasteiger partial charge in [0.15, 0.2) is 5.60 Å². The highest BCUT2D eigenvalue weighted by Crippen LogP contribution is 2.90. The number of hydrogen-bond donors (Lipinski definition) is 1. The summed E-state index contributed by atoms with van der Waals surface area (Å²) in [6, 6.07) is 1.65. The standard InChI is InChI=1S/C42H56O16/c1-19(2)26(45)25-27-36(7,28(54-32(25)47)22-14-15-52-17-22)29(55-31(46)20(3)4)30(49-11)42-37(8)23(16-24(44)48-10)35(6)18-39(37)41(51-13,33(35)53-21(5)43)34(50-12)40(27,42)57-38(9,56-39)58-42/h14-15,17,19-20,23,27-30,33-34,45H,16,18H2,1-13H3/b26-25+/t23-,27?,28-,29?,30+,33?,34-,35?,36+,37+,38?,39?,40+,41-,42-/m0/s1. The summed E-state index contributed by atoms with van der Waals surface area (Å²) in [4.78, 5) is 56.2. The van der Waals surface area contributed by atoms with Crippen LogP contribution in [-0.4, -0.2) is 110 Å². The van der Waals surface area contributed by atoms with Gasteiger partial charge in [-0.2, -0.15) is 0 Å². The Morgan fingerprint density at radius 1 is 0.914 bits per heavy atom. The van der Waals surface area contributed by atoms with Crippen LogP contribution in [0, 0.1) is 39.9 Å². The highest BCUT2D eigenvalue weighted by atomic mass is 16.9. The second-order valence-corrected chi connectivity index (χ2v) is 18.6. The van der Waals surface area contributed by atoms with Crippen LogP contribution in [0.5, 0.6) is 0 Å². The maximum absolute atomic E-state index is 15.0. The summed E-state index contributed by atoms with van der Waals surface area (Å²) in [5.41, 5.74) is -11.1. The summed E-state index contributed by atoms with van der Waals surface area (Å²) in [5.74, 6) is -8.35. The predicted octanol–water partition coefficient (Wildman–Crippen LogP) is 4.49. The lowest BCUT2D eigenvalue weighted by molar-refractivity contribution is -0.494. The van der Waals surface area contributed by atoms with Crippen molar-refractivity contribution >= 4 is 23.9 Å². The third-order valence-electron chi connectivity index (χ3n) is 15.5. The molecular weight excluding hydrogens is 760 g/mol. The zero-order valence-corrected chi connectivity index (χ0v) is 35.4. The number of carbonyl (C=O) groups excluding carboxylic acids is 4. The van der Waals surface area contributed by atoms with Gasteiger partial charge in [0.25, 0.3) is 5.97 Å². The number of aliphatic hydroxyl groups is 1. The number of carbonyl (C=O) groups is 4. The first-order chi connectivity index (χ1) is 27.1. The molecule has 1 aromatic heterocycles. The zero-order chi connectivity index (χ0) is 42.6. The second kappa shape index (κ2) is 12.5. The highest BCUT2D eigenvalue weighted by molar-refractivity contribution is 5.92. The van der Waals surface area contributed by atoms with Crippen molar-refractivity contribution in [2.45, 2.75) is 134 Å². The van der Waals surface area contributed by atoms with Gasteiger partial charge in [-0.25, -0.2) is 4.79 Å². The molecule has 2 spiro atoms. The number of esters is 4. The monoisotopic (exact) mass is 816 g/mol. The average Bonchev–Trinajstić information content (AvgIpc) is 3.85. The van der Waals surface area contributed by atoms with Gasteiger partial charge in [-0.1, -0.05) is 48.5 Å². The lowest BCUT2D eigenvalue weighted by atomic mass is 9.32. The van der Waals surface area contributed by atoms with Gasteiger partial charge >= 0.3 is 23.9 Å². The van der Waals surface area contributed by atoms with Crippen LogP contribution in [0.2, 0.25) is 0 Å². The van der Waals surface area contributed by atoms with E-state index in [9.17, 15) is 24.3 Å². The summed E-state index contributed by atoms with van der Waals surface area (Å²) in [6.45, 7) is 15.4. The summed E-state index contributed by atoms with van der Waals surface area (Å²) in [5, 5.41) is 12.3. The number of aliphatic hydroxyl groups excluding tert-OH is 1. The topological polar surface area (TPSA) is 194 Å². The van der Waals surface area contributed by atoms with Crippen molar-refractivity contribution in [2.75, 3.05) is 28.4 Å². The van der Waals surface area contributed by atoms with Gasteiger partial charge in [0.1, 0.15) is 53.1 Å². The molecule has 16 heteroatoms. The molecule has 0 radical (unpaired) electrons. The first-order valence-electron chi connectivity index (χ1n) is 19.9. The fraction of sp³-hybridized carbons (Fsp3) is 0.762. The van der Waals surface area contributed by atoms with Crippen LogP contribution >= 0.6 is 0 Å². The minimum absolute atomic E-state index is 0.151. The van der Waals surface area contributed by atoms with Crippen molar-refractivity contribution in [1.29, 1.82) is 0 Å². The first-order valence-corrected chi connectivity index (χ1v) is 19.9. The molecule has 4 saturated carbocycles. The van der Waals surface area contributed by atoms with Crippen molar-refractivity contribution in [3.63, 3.8) is 0 Å². The Hall–Kier alpha value is -3.54. The fourth-order valence-electron chi connectivity index (χ4n) is 14.0.